The van der Waals surface area contributed by atoms with Crippen LogP contribution in [0.4, 0.5) is 5.82 Å². The molecule has 138 valence electrons. The molecule has 0 bridgehead atoms. The van der Waals surface area contributed by atoms with Crippen LogP contribution in [0.15, 0.2) is 67.3 Å². The molecule has 6 nitrogen and oxygen atoms in total. The zero-order chi connectivity index (χ0) is 19.1. The number of nitrogens with one attached hydrogen (secondary N) is 1. The number of benzene rings is 1. The monoisotopic (exact) mass is 361 g/mol. The maximum absolute atomic E-state index is 12.3. The molecular formula is C21H23N5O. The molecule has 27 heavy (non-hydrogen) atoms. The molecule has 2 aromatic heterocycles. The fourth-order valence-corrected chi connectivity index (χ4v) is 2.67. The van der Waals surface area contributed by atoms with Gasteiger partial charge in [-0.25, -0.2) is 9.97 Å². The third-order valence-corrected chi connectivity index (χ3v) is 4.19. The Morgan fingerprint density at radius 3 is 2.37 bits per heavy atom. The number of pyridine rings is 1. The number of anilines is 1. The molecule has 3 aromatic rings. The molecule has 1 amide bonds. The summed E-state index contributed by atoms with van der Waals surface area (Å²) in [6.45, 7) is 5.39. The molecule has 0 spiro atoms. The zero-order valence-corrected chi connectivity index (χ0v) is 15.5. The number of rotatable bonds is 7. The summed E-state index contributed by atoms with van der Waals surface area (Å²) in [5.74, 6) is 0.504. The van der Waals surface area contributed by atoms with Gasteiger partial charge in [-0.1, -0.05) is 30.3 Å². The molecule has 0 aliphatic heterocycles. The molecule has 0 aliphatic rings. The molecule has 0 fully saturated rings. The van der Waals surface area contributed by atoms with Gasteiger partial charge in [0.05, 0.1) is 12.4 Å². The van der Waals surface area contributed by atoms with Gasteiger partial charge in [0.2, 0.25) is 0 Å². The van der Waals surface area contributed by atoms with Crippen molar-refractivity contribution in [3.63, 3.8) is 0 Å². The summed E-state index contributed by atoms with van der Waals surface area (Å²) in [6.07, 6.45) is 6.58. The zero-order valence-electron chi connectivity index (χ0n) is 15.5. The Kier molecular flexibility index (Phi) is 6.10. The van der Waals surface area contributed by atoms with Crippen LogP contribution >= 0.6 is 0 Å². The molecule has 6 heteroatoms. The number of amides is 1. The van der Waals surface area contributed by atoms with E-state index in [1.54, 1.807) is 18.6 Å². The van der Waals surface area contributed by atoms with Gasteiger partial charge in [0.15, 0.2) is 0 Å². The minimum Gasteiger partial charge on any atom is -0.349 e. The van der Waals surface area contributed by atoms with Gasteiger partial charge in [0.1, 0.15) is 11.5 Å². The lowest BCUT2D eigenvalue weighted by atomic mass is 10.2. The van der Waals surface area contributed by atoms with Gasteiger partial charge in [-0.2, -0.15) is 0 Å². The molecule has 0 saturated heterocycles. The van der Waals surface area contributed by atoms with Crippen LogP contribution in [0.5, 0.6) is 0 Å². The fraction of sp³-hybridized carbons (Fsp3) is 0.238. The van der Waals surface area contributed by atoms with E-state index in [2.05, 4.69) is 51.1 Å². The number of hydrogen-bond acceptors (Lipinski definition) is 5. The molecule has 0 aliphatic carbocycles. The molecule has 1 aromatic carbocycles. The van der Waals surface area contributed by atoms with Gasteiger partial charge in [-0.15, -0.1) is 0 Å². The highest BCUT2D eigenvalue weighted by Crippen LogP contribution is 2.17. The first kappa shape index (κ1) is 18.5. The van der Waals surface area contributed by atoms with Crippen molar-refractivity contribution in [2.45, 2.75) is 33.0 Å². The maximum atomic E-state index is 12.3. The lowest BCUT2D eigenvalue weighted by Crippen LogP contribution is -2.31. The highest BCUT2D eigenvalue weighted by molar-refractivity contribution is 5.91. The summed E-state index contributed by atoms with van der Waals surface area (Å²) in [7, 11) is 0. The second-order valence-electron chi connectivity index (χ2n) is 6.51. The molecule has 0 radical (unpaired) electrons. The summed E-state index contributed by atoms with van der Waals surface area (Å²) in [6, 6.07) is 14.2. The van der Waals surface area contributed by atoms with E-state index in [1.807, 2.05) is 30.3 Å². The average molecular weight is 361 g/mol. The first-order chi connectivity index (χ1) is 13.1. The number of carbonyl (C=O) groups excluding carboxylic acids is 1. The van der Waals surface area contributed by atoms with Crippen LogP contribution in [0.25, 0.3) is 0 Å². The summed E-state index contributed by atoms with van der Waals surface area (Å²) < 4.78 is 0. The van der Waals surface area contributed by atoms with E-state index in [9.17, 15) is 4.79 Å². The van der Waals surface area contributed by atoms with E-state index in [4.69, 9.17) is 0 Å². The highest BCUT2D eigenvalue weighted by Gasteiger charge is 2.15. The van der Waals surface area contributed by atoms with Crippen LogP contribution in [0, 0.1) is 0 Å². The summed E-state index contributed by atoms with van der Waals surface area (Å²) in [4.78, 5) is 27.2. The van der Waals surface area contributed by atoms with Gasteiger partial charge in [-0.3, -0.25) is 9.78 Å². The summed E-state index contributed by atoms with van der Waals surface area (Å²) >= 11 is 0. The predicted molar refractivity (Wildman–Crippen MR) is 105 cm³/mol. The van der Waals surface area contributed by atoms with E-state index in [0.29, 0.717) is 12.2 Å². The Bertz CT molecular complexity index is 851. The predicted octanol–water partition coefficient (Wildman–Crippen LogP) is 3.22. The van der Waals surface area contributed by atoms with Crippen molar-refractivity contribution in [1.82, 2.24) is 20.3 Å². The minimum atomic E-state index is -0.245. The quantitative estimate of drug-likeness (QED) is 0.700. The van der Waals surface area contributed by atoms with E-state index >= 15 is 0 Å². The Balaban J connectivity index is 1.66. The van der Waals surface area contributed by atoms with E-state index in [-0.39, 0.29) is 11.9 Å². The van der Waals surface area contributed by atoms with Crippen LogP contribution in [0.3, 0.4) is 0 Å². The molecule has 0 unspecified atom stereocenters. The molecule has 2 heterocycles. The lowest BCUT2D eigenvalue weighted by Gasteiger charge is -2.27. The summed E-state index contributed by atoms with van der Waals surface area (Å²) in [5, 5.41) is 2.84. The highest BCUT2D eigenvalue weighted by atomic mass is 16.1. The third kappa shape index (κ3) is 5.10. The van der Waals surface area contributed by atoms with E-state index in [0.717, 1.165) is 17.9 Å². The minimum absolute atomic E-state index is 0.245. The van der Waals surface area contributed by atoms with Crippen molar-refractivity contribution < 1.29 is 4.79 Å². The van der Waals surface area contributed by atoms with Crippen LogP contribution in [-0.2, 0) is 13.1 Å². The van der Waals surface area contributed by atoms with Crippen LogP contribution in [0.1, 0.15) is 35.5 Å². The van der Waals surface area contributed by atoms with Crippen molar-refractivity contribution in [2.24, 2.45) is 0 Å². The second-order valence-corrected chi connectivity index (χ2v) is 6.51. The number of nitrogens with zero attached hydrogens (tertiary/aromatic N) is 4. The van der Waals surface area contributed by atoms with Gasteiger partial charge in [0, 0.05) is 31.5 Å². The SMILES string of the molecule is CC(C)N(Cc1ccccc1)c1cnc(C(=O)NCc2ccncc2)cn1. The topological polar surface area (TPSA) is 71.0 Å². The van der Waals surface area contributed by atoms with E-state index in [1.165, 1.54) is 11.8 Å². The maximum Gasteiger partial charge on any atom is 0.271 e. The third-order valence-electron chi connectivity index (χ3n) is 4.19. The van der Waals surface area contributed by atoms with Gasteiger partial charge >= 0.3 is 0 Å². The molecule has 1 N–H and O–H groups in total. The average Bonchev–Trinajstić information content (AvgIpc) is 2.72. The molecule has 0 saturated carbocycles. The second kappa shape index (κ2) is 8.89. The Morgan fingerprint density at radius 2 is 1.74 bits per heavy atom. The lowest BCUT2D eigenvalue weighted by molar-refractivity contribution is 0.0945. The Hall–Kier alpha value is -3.28. The number of hydrogen-bond donors (Lipinski definition) is 1. The number of carbonyl (C=O) groups is 1. The molecule has 3 rings (SSSR count). The molecular weight excluding hydrogens is 338 g/mol. The van der Waals surface area contributed by atoms with Crippen molar-refractivity contribution >= 4 is 11.7 Å². The normalized spacial score (nSPS) is 10.6. The van der Waals surface area contributed by atoms with Crippen LogP contribution in [-0.4, -0.2) is 26.9 Å². The van der Waals surface area contributed by atoms with Crippen molar-refractivity contribution in [2.75, 3.05) is 4.90 Å². The van der Waals surface area contributed by atoms with Gasteiger partial charge in [0.25, 0.3) is 5.91 Å². The van der Waals surface area contributed by atoms with Crippen LogP contribution < -0.4 is 10.2 Å². The van der Waals surface area contributed by atoms with Gasteiger partial charge < -0.3 is 10.2 Å². The van der Waals surface area contributed by atoms with Crippen molar-refractivity contribution in [3.05, 3.63) is 84.1 Å². The van der Waals surface area contributed by atoms with Crippen molar-refractivity contribution in [1.29, 1.82) is 0 Å². The first-order valence-corrected chi connectivity index (χ1v) is 8.93. The van der Waals surface area contributed by atoms with Gasteiger partial charge in [-0.05, 0) is 37.1 Å². The number of aromatic nitrogens is 3. The smallest absolute Gasteiger partial charge is 0.271 e. The Morgan fingerprint density at radius 1 is 1.00 bits per heavy atom. The molecule has 0 atom stereocenters. The largest absolute Gasteiger partial charge is 0.349 e. The summed E-state index contributed by atoms with van der Waals surface area (Å²) in [5.41, 5.74) is 2.49. The van der Waals surface area contributed by atoms with Crippen molar-refractivity contribution in [3.8, 4) is 0 Å². The first-order valence-electron chi connectivity index (χ1n) is 8.93. The van der Waals surface area contributed by atoms with Crippen LogP contribution in [0.2, 0.25) is 0 Å². The standard InChI is InChI=1S/C21H23N5O/c1-16(2)26(15-18-6-4-3-5-7-18)20-14-23-19(13-24-20)21(27)25-12-17-8-10-22-11-9-17/h3-11,13-14,16H,12,15H2,1-2H3,(H,25,27). The Labute approximate surface area is 159 Å². The fourth-order valence-electron chi connectivity index (χ4n) is 2.67. The van der Waals surface area contributed by atoms with E-state index < -0.39 is 0 Å².